The number of benzene rings is 3. The zero-order valence-corrected chi connectivity index (χ0v) is 21.1. The number of hydrogen-bond acceptors (Lipinski definition) is 3. The van der Waals surface area contributed by atoms with Crippen molar-refractivity contribution in [1.29, 1.82) is 0 Å². The number of carbonyl (C=O) groups is 3. The van der Waals surface area contributed by atoms with Crippen molar-refractivity contribution in [1.82, 2.24) is 10.6 Å². The summed E-state index contributed by atoms with van der Waals surface area (Å²) >= 11 is 12.1. The molecule has 5 amide bonds. The molecule has 0 aliphatic heterocycles. The lowest BCUT2D eigenvalue weighted by molar-refractivity contribution is 0.0967. The van der Waals surface area contributed by atoms with E-state index in [0.717, 1.165) is 17.5 Å². The Morgan fingerprint density at radius 3 is 2.14 bits per heavy atom. The average molecular weight is 513 g/mol. The lowest BCUT2D eigenvalue weighted by Crippen LogP contribution is -2.38. The van der Waals surface area contributed by atoms with Crippen molar-refractivity contribution in [2.45, 2.75) is 27.2 Å². The second-order valence-electron chi connectivity index (χ2n) is 7.89. The third kappa shape index (κ3) is 6.53. The molecule has 0 spiro atoms. The van der Waals surface area contributed by atoms with E-state index in [-0.39, 0.29) is 16.6 Å². The normalized spacial score (nSPS) is 10.4. The Hall–Kier alpha value is -3.55. The van der Waals surface area contributed by atoms with Gasteiger partial charge < -0.3 is 10.6 Å². The van der Waals surface area contributed by atoms with Crippen molar-refractivity contribution < 1.29 is 14.4 Å². The summed E-state index contributed by atoms with van der Waals surface area (Å²) in [6.45, 7) is 6.19. The van der Waals surface area contributed by atoms with Gasteiger partial charge in [0.2, 0.25) is 0 Å². The molecule has 7 nitrogen and oxygen atoms in total. The predicted octanol–water partition coefficient (Wildman–Crippen LogP) is 6.83. The number of nitrogens with zero attached hydrogens (tertiary/aromatic N) is 1. The van der Waals surface area contributed by atoms with E-state index in [2.05, 4.69) is 16.0 Å². The number of amides is 5. The number of anilines is 3. The fraction of sp³-hybridized carbons (Fsp3) is 0.192. The van der Waals surface area contributed by atoms with E-state index in [0.29, 0.717) is 28.6 Å². The summed E-state index contributed by atoms with van der Waals surface area (Å²) in [6.07, 6.45) is 0.795. The van der Waals surface area contributed by atoms with Gasteiger partial charge in [0.1, 0.15) is 0 Å². The average Bonchev–Trinajstić information content (AvgIpc) is 2.80. The summed E-state index contributed by atoms with van der Waals surface area (Å²) in [7, 11) is 0. The number of rotatable bonds is 6. The standard InChI is InChI=1S/C26H26Cl2N4O3/c1-4-13-29-26(35)32(20-11-9-18(27)10-12-20)23-16(2)14-19(15-17(23)3)30-25(34)31-24(33)21-7-5-6-8-22(21)28/h5-12,14-15H,4,13H2,1-3H3,(H,29,35)(H2,30,31,33,34). The van der Waals surface area contributed by atoms with Crippen LogP contribution in [-0.2, 0) is 0 Å². The molecule has 0 aromatic heterocycles. The molecule has 0 radical (unpaired) electrons. The Kier molecular flexibility index (Phi) is 8.73. The number of carbonyl (C=O) groups excluding carboxylic acids is 3. The highest BCUT2D eigenvalue weighted by molar-refractivity contribution is 6.34. The highest BCUT2D eigenvalue weighted by atomic mass is 35.5. The zero-order valence-electron chi connectivity index (χ0n) is 19.6. The Morgan fingerprint density at radius 2 is 1.54 bits per heavy atom. The molecular formula is C26H26Cl2N4O3. The monoisotopic (exact) mass is 512 g/mol. The molecule has 3 N–H and O–H groups in total. The van der Waals surface area contributed by atoms with E-state index >= 15 is 0 Å². The maximum absolute atomic E-state index is 13.1. The van der Waals surface area contributed by atoms with Crippen LogP contribution in [0.25, 0.3) is 0 Å². The second kappa shape index (κ2) is 11.7. The summed E-state index contributed by atoms with van der Waals surface area (Å²) in [5.74, 6) is -0.611. The molecule has 0 atom stereocenters. The van der Waals surface area contributed by atoms with Crippen molar-refractivity contribution in [3.63, 3.8) is 0 Å². The minimum Gasteiger partial charge on any atom is -0.337 e. The van der Waals surface area contributed by atoms with Gasteiger partial charge in [0.25, 0.3) is 5.91 Å². The van der Waals surface area contributed by atoms with Gasteiger partial charge in [-0.25, -0.2) is 9.59 Å². The quantitative estimate of drug-likeness (QED) is 0.338. The third-order valence-electron chi connectivity index (χ3n) is 5.13. The number of urea groups is 2. The molecule has 9 heteroatoms. The van der Waals surface area contributed by atoms with Crippen LogP contribution in [0.4, 0.5) is 26.7 Å². The Morgan fingerprint density at radius 1 is 0.914 bits per heavy atom. The van der Waals surface area contributed by atoms with E-state index in [1.54, 1.807) is 59.5 Å². The summed E-state index contributed by atoms with van der Waals surface area (Å²) in [5.41, 5.74) is 3.50. The first-order valence-electron chi connectivity index (χ1n) is 11.0. The van der Waals surface area contributed by atoms with E-state index in [1.807, 2.05) is 20.8 Å². The van der Waals surface area contributed by atoms with Crippen LogP contribution < -0.4 is 20.9 Å². The van der Waals surface area contributed by atoms with Crippen molar-refractivity contribution in [2.75, 3.05) is 16.8 Å². The lowest BCUT2D eigenvalue weighted by atomic mass is 10.1. The van der Waals surface area contributed by atoms with E-state index in [4.69, 9.17) is 23.2 Å². The van der Waals surface area contributed by atoms with Crippen LogP contribution in [0.3, 0.4) is 0 Å². The summed E-state index contributed by atoms with van der Waals surface area (Å²) in [4.78, 5) is 39.5. The molecular weight excluding hydrogens is 487 g/mol. The molecule has 0 aliphatic carbocycles. The third-order valence-corrected chi connectivity index (χ3v) is 5.71. The minimum atomic E-state index is -0.697. The fourth-order valence-electron chi connectivity index (χ4n) is 3.61. The molecule has 182 valence electrons. The molecule has 3 rings (SSSR count). The Balaban J connectivity index is 1.85. The maximum atomic E-state index is 13.1. The molecule has 35 heavy (non-hydrogen) atoms. The summed E-state index contributed by atoms with van der Waals surface area (Å²) < 4.78 is 0. The molecule has 3 aromatic carbocycles. The first-order valence-corrected chi connectivity index (χ1v) is 11.8. The summed E-state index contributed by atoms with van der Waals surface area (Å²) in [6, 6.07) is 15.9. The van der Waals surface area contributed by atoms with Crippen LogP contribution in [0.15, 0.2) is 60.7 Å². The molecule has 0 unspecified atom stereocenters. The van der Waals surface area contributed by atoms with E-state index in [9.17, 15) is 14.4 Å². The van der Waals surface area contributed by atoms with Crippen LogP contribution in [0, 0.1) is 13.8 Å². The van der Waals surface area contributed by atoms with Gasteiger partial charge in [-0.3, -0.25) is 15.0 Å². The number of nitrogens with one attached hydrogen (secondary N) is 3. The zero-order chi connectivity index (χ0) is 25.5. The highest BCUT2D eigenvalue weighted by Gasteiger charge is 2.22. The lowest BCUT2D eigenvalue weighted by Gasteiger charge is -2.27. The van der Waals surface area contributed by atoms with Crippen molar-refractivity contribution >= 4 is 58.2 Å². The SMILES string of the molecule is CCCNC(=O)N(c1ccc(Cl)cc1)c1c(C)cc(NC(=O)NC(=O)c2ccccc2Cl)cc1C. The molecule has 0 saturated heterocycles. The van der Waals surface area contributed by atoms with Crippen molar-refractivity contribution in [3.05, 3.63) is 87.4 Å². The molecule has 0 fully saturated rings. The Labute approximate surface area is 214 Å². The summed E-state index contributed by atoms with van der Waals surface area (Å²) in [5, 5.41) is 8.67. The van der Waals surface area contributed by atoms with Crippen LogP contribution in [0.2, 0.25) is 10.0 Å². The van der Waals surface area contributed by atoms with Crippen LogP contribution >= 0.6 is 23.2 Å². The Bertz CT molecular complexity index is 1220. The van der Waals surface area contributed by atoms with Gasteiger partial charge in [-0.05, 0) is 79.9 Å². The molecule has 0 saturated carbocycles. The highest BCUT2D eigenvalue weighted by Crippen LogP contribution is 2.34. The van der Waals surface area contributed by atoms with Crippen LogP contribution in [0.5, 0.6) is 0 Å². The minimum absolute atomic E-state index is 0.198. The second-order valence-corrected chi connectivity index (χ2v) is 8.73. The molecule has 0 heterocycles. The first kappa shape index (κ1) is 26.1. The largest absolute Gasteiger partial charge is 0.337 e. The van der Waals surface area contributed by atoms with Gasteiger partial charge in [-0.1, -0.05) is 42.3 Å². The van der Waals surface area contributed by atoms with Crippen LogP contribution in [-0.4, -0.2) is 24.5 Å². The number of imide groups is 1. The van der Waals surface area contributed by atoms with Gasteiger partial charge in [0.15, 0.2) is 0 Å². The number of aryl methyl sites for hydroxylation is 2. The van der Waals surface area contributed by atoms with Gasteiger partial charge in [0, 0.05) is 17.3 Å². The first-order chi connectivity index (χ1) is 16.7. The molecule has 0 aliphatic rings. The van der Waals surface area contributed by atoms with Gasteiger partial charge in [-0.15, -0.1) is 0 Å². The van der Waals surface area contributed by atoms with E-state index < -0.39 is 11.9 Å². The molecule has 0 bridgehead atoms. The van der Waals surface area contributed by atoms with E-state index in [1.165, 1.54) is 6.07 Å². The van der Waals surface area contributed by atoms with Gasteiger partial charge >= 0.3 is 12.1 Å². The smallest absolute Gasteiger partial charge is 0.326 e. The molecule has 3 aromatic rings. The van der Waals surface area contributed by atoms with Gasteiger partial charge in [0.05, 0.1) is 22.0 Å². The number of halogens is 2. The van der Waals surface area contributed by atoms with Crippen molar-refractivity contribution in [2.24, 2.45) is 0 Å². The van der Waals surface area contributed by atoms with Gasteiger partial charge in [-0.2, -0.15) is 0 Å². The predicted molar refractivity (Wildman–Crippen MR) is 141 cm³/mol. The number of hydrogen-bond donors (Lipinski definition) is 3. The van der Waals surface area contributed by atoms with Crippen molar-refractivity contribution in [3.8, 4) is 0 Å². The topological polar surface area (TPSA) is 90.5 Å². The maximum Gasteiger partial charge on any atom is 0.326 e. The van der Waals surface area contributed by atoms with Crippen LogP contribution in [0.1, 0.15) is 34.8 Å². The fourth-order valence-corrected chi connectivity index (χ4v) is 3.96.